The fourth-order valence-corrected chi connectivity index (χ4v) is 1.02. The molecule has 1 aromatic rings. The van der Waals surface area contributed by atoms with Crippen LogP contribution in [0.5, 0.6) is 5.75 Å². The molecule has 0 saturated carbocycles. The lowest BCUT2D eigenvalue weighted by atomic mass is 10.2. The van der Waals surface area contributed by atoms with Crippen LogP contribution in [0.3, 0.4) is 0 Å². The van der Waals surface area contributed by atoms with Crippen molar-refractivity contribution in [1.82, 2.24) is 0 Å². The minimum atomic E-state index is 0. The van der Waals surface area contributed by atoms with Gasteiger partial charge in [-0.2, -0.15) is 0 Å². The topological polar surface area (TPSA) is 9.23 Å². The molecular weight excluding hydrogens is 184 g/mol. The van der Waals surface area contributed by atoms with Crippen molar-refractivity contribution in [3.8, 4) is 5.75 Å². The molecule has 84 valence electrons. The van der Waals surface area contributed by atoms with Gasteiger partial charge < -0.3 is 4.74 Å². The highest BCUT2D eigenvalue weighted by Gasteiger charge is 1.88. The Morgan fingerprint density at radius 2 is 2.07 bits per heavy atom. The Morgan fingerprint density at radius 3 is 2.67 bits per heavy atom. The number of ether oxygens (including phenoxy) is 1. The first-order chi connectivity index (χ1) is 7.36. The molecule has 0 spiro atoms. The van der Waals surface area contributed by atoms with Crippen LogP contribution in [0.4, 0.5) is 0 Å². The molecule has 1 heteroatoms. The largest absolute Gasteiger partial charge is 0.497 e. The van der Waals surface area contributed by atoms with E-state index in [1.807, 2.05) is 36.4 Å². The van der Waals surface area contributed by atoms with E-state index in [9.17, 15) is 0 Å². The summed E-state index contributed by atoms with van der Waals surface area (Å²) in [5, 5.41) is 0. The monoisotopic (exact) mass is 206 g/mol. The molecule has 0 bridgehead atoms. The third kappa shape index (κ3) is 4.04. The molecular formula is C14H22O. The average molecular weight is 206 g/mol. The molecule has 0 N–H and O–H groups in total. The summed E-state index contributed by atoms with van der Waals surface area (Å²) in [5.74, 6) is 0.858. The SMILES string of the molecule is C=C=C=C=C/C=C\c1ccc(OC)cc1.[HH].[HH].[HH].[HH].[HH]. The van der Waals surface area contributed by atoms with Crippen LogP contribution < -0.4 is 4.74 Å². The standard InChI is InChI=1S/C14H12O.5H2/c1-3-4-5-6-7-8-13-9-11-14(15-2)12-10-13;;;;;/h6-12H,1H2,2H3;5*1H/b8-7-;;;;;. The summed E-state index contributed by atoms with van der Waals surface area (Å²) >= 11 is 0. The van der Waals surface area contributed by atoms with Crippen molar-refractivity contribution in [3.05, 3.63) is 65.8 Å². The maximum Gasteiger partial charge on any atom is 0.118 e. The zero-order chi connectivity index (χ0) is 10.9. The Hall–Kier alpha value is -2.16. The number of hydrogen-bond acceptors (Lipinski definition) is 1. The first-order valence-electron chi connectivity index (χ1n) is 4.53. The van der Waals surface area contributed by atoms with E-state index in [0.717, 1.165) is 11.3 Å². The molecule has 0 heterocycles. The van der Waals surface area contributed by atoms with E-state index in [2.05, 4.69) is 23.8 Å². The quantitative estimate of drug-likeness (QED) is 0.519. The van der Waals surface area contributed by atoms with Crippen LogP contribution in [-0.4, -0.2) is 7.11 Å². The van der Waals surface area contributed by atoms with Crippen LogP contribution in [0.1, 0.15) is 12.7 Å². The molecule has 1 nitrogen and oxygen atoms in total. The predicted molar refractivity (Wildman–Crippen MR) is 73.3 cm³/mol. The lowest BCUT2D eigenvalue weighted by Crippen LogP contribution is -1.81. The third-order valence-electron chi connectivity index (χ3n) is 1.74. The highest BCUT2D eigenvalue weighted by Crippen LogP contribution is 2.11. The number of hydrogen-bond donors (Lipinski definition) is 0. The Kier molecular flexibility index (Phi) is 4.60. The van der Waals surface area contributed by atoms with Gasteiger partial charge in [0.2, 0.25) is 0 Å². The highest BCUT2D eigenvalue weighted by atomic mass is 16.5. The smallest absolute Gasteiger partial charge is 0.118 e. The van der Waals surface area contributed by atoms with Gasteiger partial charge in [0.15, 0.2) is 0 Å². The first-order valence-corrected chi connectivity index (χ1v) is 4.53. The van der Waals surface area contributed by atoms with Crippen molar-refractivity contribution in [1.29, 1.82) is 0 Å². The van der Waals surface area contributed by atoms with E-state index in [-0.39, 0.29) is 7.13 Å². The molecule has 0 unspecified atom stereocenters. The van der Waals surface area contributed by atoms with Crippen molar-refractivity contribution in [3.63, 3.8) is 0 Å². The van der Waals surface area contributed by atoms with Gasteiger partial charge in [-0.05, 0) is 36.1 Å². The van der Waals surface area contributed by atoms with Crippen LogP contribution >= 0.6 is 0 Å². The predicted octanol–water partition coefficient (Wildman–Crippen LogP) is 4.59. The fourth-order valence-electron chi connectivity index (χ4n) is 1.02. The van der Waals surface area contributed by atoms with Gasteiger partial charge in [-0.3, -0.25) is 0 Å². The average Bonchev–Trinajstić information content (AvgIpc) is 2.30. The van der Waals surface area contributed by atoms with Gasteiger partial charge in [-0.1, -0.05) is 35.7 Å². The van der Waals surface area contributed by atoms with Crippen LogP contribution in [0.2, 0.25) is 0 Å². The molecule has 0 aromatic heterocycles. The van der Waals surface area contributed by atoms with E-state index >= 15 is 0 Å². The van der Waals surface area contributed by atoms with E-state index in [1.54, 1.807) is 13.2 Å². The molecule has 0 amide bonds. The van der Waals surface area contributed by atoms with Gasteiger partial charge >= 0.3 is 0 Å². The molecule has 0 fully saturated rings. The molecule has 0 aliphatic rings. The second-order valence-corrected chi connectivity index (χ2v) is 2.75. The van der Waals surface area contributed by atoms with E-state index < -0.39 is 0 Å². The Morgan fingerprint density at radius 1 is 1.33 bits per heavy atom. The van der Waals surface area contributed by atoms with Crippen LogP contribution in [-0.2, 0) is 0 Å². The number of benzene rings is 1. The minimum absolute atomic E-state index is 0. The van der Waals surface area contributed by atoms with Gasteiger partial charge in [0.25, 0.3) is 0 Å². The summed E-state index contributed by atoms with van der Waals surface area (Å²) in [6, 6.07) is 7.80. The lowest BCUT2D eigenvalue weighted by molar-refractivity contribution is 0.415. The number of allylic oxidation sites excluding steroid dienone is 2. The van der Waals surface area contributed by atoms with Crippen molar-refractivity contribution in [2.75, 3.05) is 7.11 Å². The van der Waals surface area contributed by atoms with Gasteiger partial charge in [-0.15, -0.1) is 0 Å². The molecule has 1 aromatic carbocycles. The van der Waals surface area contributed by atoms with Crippen molar-refractivity contribution in [2.24, 2.45) is 0 Å². The molecule has 15 heavy (non-hydrogen) atoms. The van der Waals surface area contributed by atoms with Crippen molar-refractivity contribution in [2.45, 2.75) is 0 Å². The summed E-state index contributed by atoms with van der Waals surface area (Å²) in [4.78, 5) is 0. The van der Waals surface area contributed by atoms with E-state index in [0.29, 0.717) is 0 Å². The second-order valence-electron chi connectivity index (χ2n) is 2.75. The summed E-state index contributed by atoms with van der Waals surface area (Å²) in [6.07, 6.45) is 5.60. The Labute approximate surface area is 97.4 Å². The summed E-state index contributed by atoms with van der Waals surface area (Å²) < 4.78 is 5.06. The van der Waals surface area contributed by atoms with Gasteiger partial charge in [0.05, 0.1) is 7.11 Å². The van der Waals surface area contributed by atoms with Crippen LogP contribution in [0.15, 0.2) is 60.2 Å². The summed E-state index contributed by atoms with van der Waals surface area (Å²) in [6.45, 7) is 3.38. The molecule has 0 radical (unpaired) electrons. The maximum atomic E-state index is 5.06. The zero-order valence-corrected chi connectivity index (χ0v) is 8.66. The normalized spacial score (nSPS) is 8.87. The summed E-state index contributed by atoms with van der Waals surface area (Å²) in [5.41, 5.74) is 8.98. The molecule has 1 rings (SSSR count). The third-order valence-corrected chi connectivity index (χ3v) is 1.74. The Balaban J connectivity index is -0.000000150. The molecule has 0 aliphatic heterocycles. The van der Waals surface area contributed by atoms with Crippen LogP contribution in [0, 0.1) is 0 Å². The first kappa shape index (κ1) is 10.9. The minimum Gasteiger partial charge on any atom is -0.497 e. The molecule has 0 saturated heterocycles. The van der Waals surface area contributed by atoms with E-state index in [4.69, 9.17) is 4.74 Å². The zero-order valence-electron chi connectivity index (χ0n) is 8.66. The van der Waals surface area contributed by atoms with Gasteiger partial charge in [0, 0.05) is 7.13 Å². The molecule has 0 atom stereocenters. The highest BCUT2D eigenvalue weighted by molar-refractivity contribution is 5.52. The van der Waals surface area contributed by atoms with Gasteiger partial charge in [-0.25, -0.2) is 0 Å². The van der Waals surface area contributed by atoms with Crippen LogP contribution in [0.25, 0.3) is 6.08 Å². The molecule has 0 aliphatic carbocycles. The van der Waals surface area contributed by atoms with Crippen molar-refractivity contribution >= 4 is 6.08 Å². The maximum absolute atomic E-state index is 5.06. The number of methoxy groups -OCH3 is 1. The van der Waals surface area contributed by atoms with Gasteiger partial charge in [0.1, 0.15) is 5.75 Å². The second kappa shape index (κ2) is 6.32. The number of rotatable bonds is 3. The Bertz CT molecular complexity index is 463. The summed E-state index contributed by atoms with van der Waals surface area (Å²) in [7, 11) is 1.65. The van der Waals surface area contributed by atoms with Crippen molar-refractivity contribution < 1.29 is 11.9 Å². The fraction of sp³-hybridized carbons (Fsp3) is 0.0714. The lowest BCUT2D eigenvalue weighted by Gasteiger charge is -1.98. The van der Waals surface area contributed by atoms with E-state index in [1.165, 1.54) is 0 Å².